The van der Waals surface area contributed by atoms with Crippen molar-refractivity contribution in [1.29, 1.82) is 0 Å². The third-order valence-corrected chi connectivity index (χ3v) is 18.8. The number of fused-ring (bicyclic) bond motifs is 3. The van der Waals surface area contributed by atoms with E-state index in [0.29, 0.717) is 0 Å². The number of hydrogen-bond donors (Lipinski definition) is 0. The Hall–Kier alpha value is 0.870. The second-order valence-corrected chi connectivity index (χ2v) is 15.5. The number of rotatable bonds is 0. The molecule has 1 aromatic heterocycles. The molecule has 0 saturated carbocycles. The molecule has 0 amide bonds. The molecule has 0 bridgehead atoms. The molecule has 0 nitrogen and oxygen atoms in total. The maximum atomic E-state index is 2.49. The van der Waals surface area contributed by atoms with Crippen LogP contribution in [-0.2, 0) is 0 Å². The van der Waals surface area contributed by atoms with Gasteiger partial charge < -0.3 is 0 Å². The molecule has 0 radical (unpaired) electrons. The summed E-state index contributed by atoms with van der Waals surface area (Å²) >= 11 is 3.31. The van der Waals surface area contributed by atoms with Gasteiger partial charge in [-0.1, -0.05) is 0 Å². The molecular weight excluding hydrogens is 331 g/mol. The number of alkyl halides is 1. The average molecular weight is 340 g/mol. The standard InChI is InChI=1S/C9H9IS3/c1-5-3-7-9(11-5)10-8(12-7)4-6(2)13-10/h3-4,8H,1-2H3. The molecule has 2 aliphatic heterocycles. The van der Waals surface area contributed by atoms with Gasteiger partial charge in [0.2, 0.25) is 0 Å². The van der Waals surface area contributed by atoms with Crippen LogP contribution in [0.4, 0.5) is 0 Å². The summed E-state index contributed by atoms with van der Waals surface area (Å²) in [5.41, 5.74) is 0. The Labute approximate surface area is 96.4 Å². The summed E-state index contributed by atoms with van der Waals surface area (Å²) in [4.78, 5) is 4.67. The molecular formula is C9H9IS3. The molecule has 0 spiro atoms. The van der Waals surface area contributed by atoms with E-state index in [1.807, 2.05) is 11.3 Å². The number of thiophene rings is 1. The molecule has 1 unspecified atom stereocenters. The monoisotopic (exact) mass is 340 g/mol. The van der Waals surface area contributed by atoms with E-state index < -0.39 is 18.4 Å². The molecule has 0 N–H and O–H groups in total. The van der Waals surface area contributed by atoms with Gasteiger partial charge in [0.25, 0.3) is 0 Å². The normalized spacial score (nSPS) is 27.4. The van der Waals surface area contributed by atoms with E-state index in [9.17, 15) is 0 Å². The Morgan fingerprint density at radius 1 is 1.38 bits per heavy atom. The van der Waals surface area contributed by atoms with Crippen molar-refractivity contribution in [2.75, 3.05) is 0 Å². The fourth-order valence-electron chi connectivity index (χ4n) is 1.44. The van der Waals surface area contributed by atoms with E-state index in [2.05, 4.69) is 46.7 Å². The van der Waals surface area contributed by atoms with Gasteiger partial charge in [0.1, 0.15) is 0 Å². The van der Waals surface area contributed by atoms with E-state index >= 15 is 0 Å². The molecule has 4 heteroatoms. The van der Waals surface area contributed by atoms with E-state index in [1.54, 1.807) is 12.7 Å². The van der Waals surface area contributed by atoms with Crippen LogP contribution in [0.5, 0.6) is 0 Å². The summed E-state index contributed by atoms with van der Waals surface area (Å²) < 4.78 is 2.66. The van der Waals surface area contributed by atoms with Crippen LogP contribution < -0.4 is 0 Å². The fourth-order valence-corrected chi connectivity index (χ4v) is 20.2. The van der Waals surface area contributed by atoms with E-state index in [4.69, 9.17) is 0 Å². The molecule has 3 heterocycles. The van der Waals surface area contributed by atoms with Crippen LogP contribution in [0.3, 0.4) is 0 Å². The zero-order valence-corrected chi connectivity index (χ0v) is 11.9. The van der Waals surface area contributed by atoms with Crippen molar-refractivity contribution in [1.82, 2.24) is 0 Å². The first-order valence-corrected chi connectivity index (χ1v) is 11.4. The minimum atomic E-state index is -0.852. The van der Waals surface area contributed by atoms with Crippen LogP contribution in [0.15, 0.2) is 21.9 Å². The van der Waals surface area contributed by atoms with Crippen molar-refractivity contribution in [3.05, 3.63) is 24.8 Å². The van der Waals surface area contributed by atoms with E-state index in [0.717, 1.165) is 3.26 Å². The van der Waals surface area contributed by atoms with Crippen LogP contribution >= 0.6 is 50.5 Å². The Bertz CT molecular complexity index is 394. The average Bonchev–Trinajstić information content (AvgIpc) is 2.60. The van der Waals surface area contributed by atoms with Gasteiger partial charge in [-0.05, 0) is 0 Å². The zero-order valence-electron chi connectivity index (χ0n) is 7.33. The Balaban J connectivity index is 2.03. The summed E-state index contributed by atoms with van der Waals surface area (Å²) in [5.74, 6) is 0. The van der Waals surface area contributed by atoms with Gasteiger partial charge >= 0.3 is 97.3 Å². The van der Waals surface area contributed by atoms with Gasteiger partial charge in [0, 0.05) is 0 Å². The second kappa shape index (κ2) is 3.18. The summed E-state index contributed by atoms with van der Waals surface area (Å²) in [6, 6.07) is 2.38. The van der Waals surface area contributed by atoms with E-state index in [1.165, 1.54) is 4.88 Å². The minimum absolute atomic E-state index is 0.852. The van der Waals surface area contributed by atoms with Gasteiger partial charge in [-0.2, -0.15) is 0 Å². The molecule has 2 aliphatic rings. The number of halogens is 1. The second-order valence-electron chi connectivity index (χ2n) is 3.09. The van der Waals surface area contributed by atoms with Crippen LogP contribution in [0, 0.1) is 9.81 Å². The third kappa shape index (κ3) is 1.41. The molecule has 13 heavy (non-hydrogen) atoms. The molecule has 0 saturated heterocycles. The van der Waals surface area contributed by atoms with Crippen molar-refractivity contribution in [2.24, 2.45) is 0 Å². The summed E-state index contributed by atoms with van der Waals surface area (Å²) in [6.45, 7) is 4.50. The fraction of sp³-hybridized carbons (Fsp3) is 0.333. The van der Waals surface area contributed by atoms with Gasteiger partial charge in [-0.25, -0.2) is 0 Å². The van der Waals surface area contributed by atoms with Crippen LogP contribution in [0.2, 0.25) is 0 Å². The van der Waals surface area contributed by atoms with Crippen molar-refractivity contribution in [3.63, 3.8) is 0 Å². The predicted octanol–water partition coefficient (Wildman–Crippen LogP) is 4.73. The number of allylic oxidation sites excluding steroid dienone is 1. The molecule has 1 atom stereocenters. The van der Waals surface area contributed by atoms with Crippen molar-refractivity contribution in [2.45, 2.75) is 22.0 Å². The number of hydrogen-bond acceptors (Lipinski definition) is 3. The molecule has 0 fully saturated rings. The first kappa shape index (κ1) is 9.12. The molecule has 0 aromatic carbocycles. The summed E-state index contributed by atoms with van der Waals surface area (Å²) in [7, 11) is 2.20. The Morgan fingerprint density at radius 3 is 3.08 bits per heavy atom. The quantitative estimate of drug-likeness (QED) is 0.495. The zero-order chi connectivity index (χ0) is 9.00. The topological polar surface area (TPSA) is 0 Å². The molecule has 70 valence electrons. The van der Waals surface area contributed by atoms with Crippen molar-refractivity contribution in [3.8, 4) is 0 Å². The third-order valence-electron chi connectivity index (χ3n) is 1.95. The SMILES string of the molecule is CC1=CC2Sc3cc(C)sc3I2S1. The first-order valence-electron chi connectivity index (χ1n) is 4.06. The van der Waals surface area contributed by atoms with Crippen LogP contribution in [0.1, 0.15) is 11.8 Å². The van der Waals surface area contributed by atoms with Crippen molar-refractivity contribution < 1.29 is 0 Å². The summed E-state index contributed by atoms with van der Waals surface area (Å²) in [5, 5.41) is 0. The Kier molecular flexibility index (Phi) is 2.23. The summed E-state index contributed by atoms with van der Waals surface area (Å²) in [6.07, 6.45) is 2.49. The molecule has 3 rings (SSSR count). The van der Waals surface area contributed by atoms with Gasteiger partial charge in [0.05, 0.1) is 0 Å². The molecule has 1 aromatic rings. The van der Waals surface area contributed by atoms with E-state index in [-0.39, 0.29) is 0 Å². The Morgan fingerprint density at radius 2 is 2.23 bits per heavy atom. The first-order chi connectivity index (χ1) is 6.24. The van der Waals surface area contributed by atoms with Crippen molar-refractivity contribution >= 4 is 50.5 Å². The predicted molar refractivity (Wildman–Crippen MR) is 72.8 cm³/mol. The maximum absolute atomic E-state index is 2.49. The van der Waals surface area contributed by atoms with Gasteiger partial charge in [-0.15, -0.1) is 0 Å². The van der Waals surface area contributed by atoms with Crippen LogP contribution in [-0.4, -0.2) is 3.26 Å². The van der Waals surface area contributed by atoms with Crippen LogP contribution in [0.25, 0.3) is 0 Å². The number of thioether (sulfide) groups is 1. The van der Waals surface area contributed by atoms with Gasteiger partial charge in [0.15, 0.2) is 0 Å². The molecule has 0 aliphatic carbocycles. The number of aryl methyl sites for hydroxylation is 1. The van der Waals surface area contributed by atoms with Gasteiger partial charge in [-0.3, -0.25) is 0 Å².